The van der Waals surface area contributed by atoms with Gasteiger partial charge in [-0.2, -0.15) is 0 Å². The van der Waals surface area contributed by atoms with E-state index in [0.29, 0.717) is 6.20 Å². The third kappa shape index (κ3) is 2.08. The van der Waals surface area contributed by atoms with Gasteiger partial charge in [0, 0.05) is 6.08 Å². The molecule has 0 fully saturated rings. The van der Waals surface area contributed by atoms with Gasteiger partial charge < -0.3 is 5.11 Å². The molecule has 0 bridgehead atoms. The highest BCUT2D eigenvalue weighted by Crippen LogP contribution is 2.30. The highest BCUT2D eigenvalue weighted by atomic mass is 32.1. The molecule has 17 heavy (non-hydrogen) atoms. The molecule has 0 saturated heterocycles. The summed E-state index contributed by atoms with van der Waals surface area (Å²) in [5.41, 5.74) is 1.56. The maximum Gasteiger partial charge on any atom is 0.500 e. The molecule has 0 unspecified atom stereocenters. The summed E-state index contributed by atoms with van der Waals surface area (Å²) in [6.07, 6.45) is -2.97. The van der Waals surface area contributed by atoms with Crippen LogP contribution >= 0.6 is 12.6 Å². The Morgan fingerprint density at radius 2 is 2.18 bits per heavy atom. The molecule has 2 N–H and O–H groups in total. The van der Waals surface area contributed by atoms with Crippen molar-refractivity contribution < 1.29 is 23.1 Å². The average molecular weight is 266 g/mol. The second kappa shape index (κ2) is 3.67. The first-order valence-electron chi connectivity index (χ1n) is 4.16. The summed E-state index contributed by atoms with van der Waals surface area (Å²) in [5.74, 6) is -1.55. The Balaban J connectivity index is 2.34. The highest BCUT2D eigenvalue weighted by molar-refractivity contribution is 7.84. The number of hydrogen-bond acceptors (Lipinski definition) is 6. The van der Waals surface area contributed by atoms with E-state index >= 15 is 0 Å². The molecular weight excluding hydrogens is 261 g/mol. The van der Waals surface area contributed by atoms with E-state index < -0.39 is 12.3 Å². The minimum atomic E-state index is -4.64. The van der Waals surface area contributed by atoms with E-state index in [-0.39, 0.29) is 21.6 Å². The lowest BCUT2D eigenvalue weighted by Crippen LogP contribution is -2.46. The Hall–Kier alpha value is -1.68. The number of aliphatic carboxylic acids is 1. The summed E-state index contributed by atoms with van der Waals surface area (Å²) < 4.78 is 37.1. The van der Waals surface area contributed by atoms with Crippen molar-refractivity contribution in [2.75, 3.05) is 0 Å². The zero-order valence-corrected chi connectivity index (χ0v) is 8.83. The summed E-state index contributed by atoms with van der Waals surface area (Å²) in [6, 6.07) is 0. The van der Waals surface area contributed by atoms with Crippen molar-refractivity contribution >= 4 is 24.3 Å². The second-order valence-electron chi connectivity index (χ2n) is 3.07. The highest BCUT2D eigenvalue weighted by Gasteiger charge is 2.42. The van der Waals surface area contributed by atoms with Crippen LogP contribution in [-0.2, 0) is 4.79 Å². The molecule has 2 heterocycles. The maximum atomic E-state index is 12.4. The van der Waals surface area contributed by atoms with E-state index in [4.69, 9.17) is 5.11 Å². The van der Waals surface area contributed by atoms with E-state index in [1.807, 2.05) is 5.53 Å². The first-order chi connectivity index (χ1) is 7.79. The summed E-state index contributed by atoms with van der Waals surface area (Å²) in [6.45, 7) is 0. The Morgan fingerprint density at radius 1 is 1.53 bits per heavy atom. The minimum absolute atomic E-state index is 0.00426. The van der Waals surface area contributed by atoms with Gasteiger partial charge in [0.05, 0.1) is 11.2 Å². The topological polar surface area (TPSA) is 68.2 Å². The smallest absolute Gasteiger partial charge is 0.477 e. The van der Waals surface area contributed by atoms with Crippen LogP contribution in [0.4, 0.5) is 13.2 Å². The molecule has 0 saturated carbocycles. The van der Waals surface area contributed by atoms with Crippen molar-refractivity contribution in [1.82, 2.24) is 15.6 Å². The molecule has 2 aliphatic rings. The number of fused-ring (bicyclic) bond motifs is 1. The molecule has 0 aromatic rings. The van der Waals surface area contributed by atoms with Gasteiger partial charge in [0.1, 0.15) is 0 Å². The van der Waals surface area contributed by atoms with Crippen LogP contribution in [0.25, 0.3) is 0 Å². The van der Waals surface area contributed by atoms with Crippen LogP contribution in [0.3, 0.4) is 0 Å². The number of nitrogens with one attached hydrogen (secondary N) is 1. The lowest BCUT2D eigenvalue weighted by Gasteiger charge is -2.25. The quantitative estimate of drug-likeness (QED) is 0.480. The lowest BCUT2D eigenvalue weighted by atomic mass is 10.3. The van der Waals surface area contributed by atoms with E-state index in [1.165, 1.54) is 0 Å². The second-order valence-corrected chi connectivity index (χ2v) is 3.52. The number of carboxylic acids is 1. The minimum Gasteiger partial charge on any atom is -0.477 e. The van der Waals surface area contributed by atoms with E-state index in [1.54, 1.807) is 0 Å². The van der Waals surface area contributed by atoms with Crippen molar-refractivity contribution in [2.24, 2.45) is 4.99 Å². The van der Waals surface area contributed by atoms with E-state index in [2.05, 4.69) is 17.6 Å². The first-order valence-corrected chi connectivity index (χ1v) is 4.60. The number of hydrogen-bond donors (Lipinski definition) is 3. The number of hydrazine groups is 2. The molecule has 0 aromatic heterocycles. The first kappa shape index (κ1) is 11.8. The molecule has 2 rings (SSSR count). The fourth-order valence-corrected chi connectivity index (χ4v) is 1.46. The Bertz CT molecular complexity index is 470. The third-order valence-corrected chi connectivity index (χ3v) is 2.23. The van der Waals surface area contributed by atoms with Gasteiger partial charge in [-0.25, -0.2) is 19.8 Å². The molecule has 2 aliphatic heterocycles. The van der Waals surface area contributed by atoms with Gasteiger partial charge in [-0.1, -0.05) is 0 Å². The van der Waals surface area contributed by atoms with Crippen molar-refractivity contribution in [1.29, 1.82) is 0 Å². The maximum absolute atomic E-state index is 12.4. The van der Waals surface area contributed by atoms with Gasteiger partial charge in [-0.3, -0.25) is 0 Å². The molecule has 6 nitrogen and oxygen atoms in total. The molecule has 0 aliphatic carbocycles. The molecule has 0 aromatic carbocycles. The van der Waals surface area contributed by atoms with E-state index in [0.717, 1.165) is 11.1 Å². The molecule has 0 atom stereocenters. The van der Waals surface area contributed by atoms with Crippen LogP contribution in [0.2, 0.25) is 0 Å². The van der Waals surface area contributed by atoms with Gasteiger partial charge >= 0.3 is 12.3 Å². The standard InChI is InChI=1S/C7H5F3N4O2S/c8-7(9,10)13-2-4-11-3(6(15)16)1-5(17)14(4)12-13/h1-2,12,17H,(H,15,16). The van der Waals surface area contributed by atoms with Crippen LogP contribution in [0.15, 0.2) is 28.1 Å². The molecule has 0 spiro atoms. The Labute approximate surface area is 98.1 Å². The number of carbonyl (C=O) groups is 1. The average Bonchev–Trinajstić information content (AvgIpc) is 2.60. The van der Waals surface area contributed by atoms with Gasteiger partial charge in [-0.05, 0) is 0 Å². The lowest BCUT2D eigenvalue weighted by molar-refractivity contribution is -0.250. The predicted molar refractivity (Wildman–Crippen MR) is 53.1 cm³/mol. The molecule has 10 heteroatoms. The van der Waals surface area contributed by atoms with Crippen LogP contribution in [0, 0.1) is 0 Å². The molecule has 0 amide bonds. The molecular formula is C7H5F3N4O2S. The third-order valence-electron chi connectivity index (χ3n) is 1.90. The van der Waals surface area contributed by atoms with Crippen molar-refractivity contribution in [3.63, 3.8) is 0 Å². The van der Waals surface area contributed by atoms with Gasteiger partial charge in [-0.15, -0.1) is 31.3 Å². The van der Waals surface area contributed by atoms with Crippen molar-refractivity contribution in [3.8, 4) is 0 Å². The van der Waals surface area contributed by atoms with Crippen LogP contribution in [0.5, 0.6) is 0 Å². The number of thiol groups is 1. The van der Waals surface area contributed by atoms with Gasteiger partial charge in [0.25, 0.3) is 0 Å². The van der Waals surface area contributed by atoms with Crippen molar-refractivity contribution in [2.45, 2.75) is 6.30 Å². The fourth-order valence-electron chi connectivity index (χ4n) is 1.19. The zero-order chi connectivity index (χ0) is 12.8. The normalized spacial score (nSPS) is 19.6. The van der Waals surface area contributed by atoms with E-state index in [9.17, 15) is 18.0 Å². The molecule has 0 radical (unpaired) electrons. The summed E-state index contributed by atoms with van der Waals surface area (Å²) in [7, 11) is 0. The number of rotatable bonds is 1. The largest absolute Gasteiger partial charge is 0.500 e. The predicted octanol–water partition coefficient (Wildman–Crippen LogP) is 0.653. The van der Waals surface area contributed by atoms with Crippen LogP contribution < -0.4 is 5.53 Å². The van der Waals surface area contributed by atoms with Crippen LogP contribution in [-0.4, -0.2) is 33.1 Å². The van der Waals surface area contributed by atoms with Crippen molar-refractivity contribution in [3.05, 3.63) is 23.1 Å². The van der Waals surface area contributed by atoms with Crippen LogP contribution in [0.1, 0.15) is 0 Å². The summed E-state index contributed by atoms with van der Waals surface area (Å²) in [5, 5.41) is 9.44. The zero-order valence-electron chi connectivity index (χ0n) is 7.93. The van der Waals surface area contributed by atoms with Gasteiger partial charge in [0.15, 0.2) is 11.5 Å². The monoisotopic (exact) mass is 266 g/mol. The number of nitrogens with zero attached hydrogens (tertiary/aromatic N) is 3. The molecule has 92 valence electrons. The Kier molecular flexibility index (Phi) is 2.54. The summed E-state index contributed by atoms with van der Waals surface area (Å²) in [4.78, 5) is 14.2. The number of carboxylic acid groups (broad SMARTS) is 1. The number of halogens is 3. The number of alkyl halides is 3. The fraction of sp³-hybridized carbons (Fsp3) is 0.143. The Morgan fingerprint density at radius 3 is 2.71 bits per heavy atom. The summed E-state index contributed by atoms with van der Waals surface area (Å²) >= 11 is 3.87. The van der Waals surface area contributed by atoms with Gasteiger partial charge in [0.2, 0.25) is 0 Å². The SMILES string of the molecule is O=C(O)C1=NC2=CN(C(F)(F)F)NN2C(S)=C1. The number of aliphatic imine (C=N–C) groups is 1.